The maximum atomic E-state index is 13.1. The molecule has 2 N–H and O–H groups in total. The minimum Gasteiger partial charge on any atom is -0.462 e. The van der Waals surface area contributed by atoms with Crippen LogP contribution in [-0.2, 0) is 9.53 Å². The first-order valence-corrected chi connectivity index (χ1v) is 12.3. The van der Waals surface area contributed by atoms with E-state index in [-0.39, 0.29) is 23.7 Å². The zero-order chi connectivity index (χ0) is 23.3. The average molecular weight is 446 g/mol. The number of hydrogen-bond acceptors (Lipinski definition) is 4. The number of amides is 2. The Bertz CT molecular complexity index is 815. The Kier molecular flexibility index (Phi) is 8.38. The van der Waals surface area contributed by atoms with Crippen molar-refractivity contribution in [2.75, 3.05) is 19.7 Å². The summed E-state index contributed by atoms with van der Waals surface area (Å²) in [5.74, 6) is -0.0800. The van der Waals surface area contributed by atoms with Crippen molar-refractivity contribution in [3.63, 3.8) is 0 Å². The quantitative estimate of drug-likeness (QED) is 0.509. The van der Waals surface area contributed by atoms with Crippen molar-refractivity contribution in [2.45, 2.75) is 85.1 Å². The van der Waals surface area contributed by atoms with Crippen molar-refractivity contribution in [1.82, 2.24) is 15.2 Å². The van der Waals surface area contributed by atoms with Gasteiger partial charge in [-0.25, -0.2) is 4.79 Å². The Hall–Kier alpha value is -2.31. The molecular formula is C25H39N3O4. The van der Waals surface area contributed by atoms with Gasteiger partial charge in [0.15, 0.2) is 0 Å². The molecule has 7 heteroatoms. The van der Waals surface area contributed by atoms with Gasteiger partial charge in [0.05, 0.1) is 12.2 Å². The van der Waals surface area contributed by atoms with Gasteiger partial charge in [-0.3, -0.25) is 9.59 Å². The molecule has 2 aliphatic rings. The van der Waals surface area contributed by atoms with Crippen molar-refractivity contribution in [1.29, 1.82) is 0 Å². The fourth-order valence-electron chi connectivity index (χ4n) is 5.20. The van der Waals surface area contributed by atoms with Crippen LogP contribution in [0.3, 0.4) is 0 Å². The smallest absolute Gasteiger partial charge is 0.340 e. The van der Waals surface area contributed by atoms with Crippen molar-refractivity contribution in [3.8, 4) is 0 Å². The van der Waals surface area contributed by atoms with Gasteiger partial charge in [0.25, 0.3) is 5.91 Å². The Morgan fingerprint density at radius 1 is 1.06 bits per heavy atom. The van der Waals surface area contributed by atoms with Gasteiger partial charge in [0.2, 0.25) is 5.91 Å². The molecule has 7 nitrogen and oxygen atoms in total. The first-order chi connectivity index (χ1) is 15.3. The van der Waals surface area contributed by atoms with Crippen molar-refractivity contribution < 1.29 is 19.1 Å². The average Bonchev–Trinajstić information content (AvgIpc) is 2.93. The summed E-state index contributed by atoms with van der Waals surface area (Å²) in [6.45, 7) is 8.91. The van der Waals surface area contributed by atoms with Gasteiger partial charge in [0.1, 0.15) is 5.69 Å². The lowest BCUT2D eigenvalue weighted by atomic mass is 9.84. The van der Waals surface area contributed by atoms with Gasteiger partial charge in [-0.05, 0) is 57.9 Å². The molecule has 32 heavy (non-hydrogen) atoms. The van der Waals surface area contributed by atoms with Crippen LogP contribution >= 0.6 is 0 Å². The summed E-state index contributed by atoms with van der Waals surface area (Å²) < 4.78 is 5.13. The second-order valence-corrected chi connectivity index (χ2v) is 9.46. The number of carbonyl (C=O) groups is 3. The predicted molar refractivity (Wildman–Crippen MR) is 124 cm³/mol. The van der Waals surface area contributed by atoms with E-state index >= 15 is 0 Å². The SMILES string of the molecule is CCOC(=O)c1c(C)[nH]c(C(=O)N2CCC(C(C)C(=O)NC3CCCCCC3)CC2)c1C. The van der Waals surface area contributed by atoms with E-state index in [0.29, 0.717) is 48.3 Å². The molecule has 1 aliphatic heterocycles. The molecule has 1 atom stereocenters. The largest absolute Gasteiger partial charge is 0.462 e. The van der Waals surface area contributed by atoms with Crippen LogP contribution in [0.1, 0.15) is 97.3 Å². The van der Waals surface area contributed by atoms with Crippen molar-refractivity contribution in [2.24, 2.45) is 11.8 Å². The van der Waals surface area contributed by atoms with Gasteiger partial charge in [-0.15, -0.1) is 0 Å². The topological polar surface area (TPSA) is 91.5 Å². The van der Waals surface area contributed by atoms with Crippen LogP contribution < -0.4 is 5.32 Å². The number of likely N-dealkylation sites (tertiary alicyclic amines) is 1. The van der Waals surface area contributed by atoms with E-state index in [4.69, 9.17) is 4.74 Å². The Morgan fingerprint density at radius 3 is 2.28 bits per heavy atom. The Balaban J connectivity index is 1.56. The number of carbonyl (C=O) groups excluding carboxylic acids is 3. The summed E-state index contributed by atoms with van der Waals surface area (Å²) in [6, 6.07) is 0.321. The first-order valence-electron chi connectivity index (χ1n) is 12.3. The second-order valence-electron chi connectivity index (χ2n) is 9.46. The van der Waals surface area contributed by atoms with E-state index < -0.39 is 5.97 Å². The Morgan fingerprint density at radius 2 is 1.69 bits per heavy atom. The normalized spacial score (nSPS) is 19.3. The molecule has 178 valence electrons. The molecule has 0 bridgehead atoms. The molecule has 3 rings (SSSR count). The number of ether oxygens (including phenoxy) is 1. The third-order valence-corrected chi connectivity index (χ3v) is 7.28. The molecule has 1 aromatic heterocycles. The lowest BCUT2D eigenvalue weighted by Gasteiger charge is -2.35. The molecule has 1 saturated heterocycles. The highest BCUT2D eigenvalue weighted by molar-refractivity contribution is 6.00. The third kappa shape index (κ3) is 5.54. The maximum Gasteiger partial charge on any atom is 0.340 e. The van der Waals surface area contributed by atoms with Crippen molar-refractivity contribution in [3.05, 3.63) is 22.5 Å². The van der Waals surface area contributed by atoms with Crippen LogP contribution in [0, 0.1) is 25.7 Å². The predicted octanol–water partition coefficient (Wildman–Crippen LogP) is 4.14. The molecule has 1 aromatic rings. The molecule has 2 fully saturated rings. The number of piperidine rings is 1. The molecule has 0 radical (unpaired) electrons. The maximum absolute atomic E-state index is 13.1. The van der Waals surface area contributed by atoms with E-state index in [1.165, 1.54) is 25.7 Å². The summed E-state index contributed by atoms with van der Waals surface area (Å²) in [5, 5.41) is 3.28. The summed E-state index contributed by atoms with van der Waals surface area (Å²) in [7, 11) is 0. The van der Waals surface area contributed by atoms with Gasteiger partial charge < -0.3 is 19.9 Å². The minimum atomic E-state index is -0.398. The fraction of sp³-hybridized carbons (Fsp3) is 0.720. The second kappa shape index (κ2) is 11.0. The zero-order valence-corrected chi connectivity index (χ0v) is 20.1. The van der Waals surface area contributed by atoms with Crippen LogP contribution in [0.25, 0.3) is 0 Å². The van der Waals surface area contributed by atoms with Crippen molar-refractivity contribution >= 4 is 17.8 Å². The van der Waals surface area contributed by atoms with E-state index in [0.717, 1.165) is 25.7 Å². The lowest BCUT2D eigenvalue weighted by molar-refractivity contribution is -0.127. The number of aromatic amines is 1. The number of esters is 1. The van der Waals surface area contributed by atoms with E-state index in [1.807, 2.05) is 11.8 Å². The number of nitrogens with one attached hydrogen (secondary N) is 2. The van der Waals surface area contributed by atoms with E-state index in [1.54, 1.807) is 20.8 Å². The van der Waals surface area contributed by atoms with Gasteiger partial charge in [-0.1, -0.05) is 32.6 Å². The van der Waals surface area contributed by atoms with Crippen LogP contribution in [0.15, 0.2) is 0 Å². The Labute approximate surface area is 191 Å². The molecule has 1 saturated carbocycles. The van der Waals surface area contributed by atoms with Crippen LogP contribution in [0.2, 0.25) is 0 Å². The molecule has 2 heterocycles. The number of nitrogens with zero attached hydrogens (tertiary/aromatic N) is 1. The highest BCUT2D eigenvalue weighted by Crippen LogP contribution is 2.28. The number of aromatic nitrogens is 1. The molecular weight excluding hydrogens is 406 g/mol. The highest BCUT2D eigenvalue weighted by atomic mass is 16.5. The molecule has 0 spiro atoms. The summed E-state index contributed by atoms with van der Waals surface area (Å²) in [6.07, 6.45) is 8.76. The fourth-order valence-corrected chi connectivity index (χ4v) is 5.20. The lowest BCUT2D eigenvalue weighted by Crippen LogP contribution is -2.44. The molecule has 1 aliphatic carbocycles. The van der Waals surface area contributed by atoms with Crippen LogP contribution in [0.4, 0.5) is 0 Å². The van der Waals surface area contributed by atoms with E-state index in [2.05, 4.69) is 10.3 Å². The van der Waals surface area contributed by atoms with Gasteiger partial charge >= 0.3 is 5.97 Å². The molecule has 2 amide bonds. The number of aryl methyl sites for hydroxylation is 1. The standard InChI is InChI=1S/C25H39N3O4/c1-5-32-25(31)21-17(3)22(26-18(21)4)24(30)28-14-12-19(13-15-28)16(2)23(29)27-20-10-8-6-7-9-11-20/h16,19-20,26H,5-15H2,1-4H3,(H,27,29). The third-order valence-electron chi connectivity index (χ3n) is 7.28. The van der Waals surface area contributed by atoms with Gasteiger partial charge in [-0.2, -0.15) is 0 Å². The molecule has 0 aromatic carbocycles. The highest BCUT2D eigenvalue weighted by Gasteiger charge is 2.32. The molecule has 1 unspecified atom stereocenters. The van der Waals surface area contributed by atoms with Crippen LogP contribution in [-0.4, -0.2) is 53.4 Å². The summed E-state index contributed by atoms with van der Waals surface area (Å²) in [5.41, 5.74) is 2.21. The summed E-state index contributed by atoms with van der Waals surface area (Å²) in [4.78, 5) is 43.1. The number of rotatable bonds is 6. The zero-order valence-electron chi connectivity index (χ0n) is 20.1. The van der Waals surface area contributed by atoms with Crippen LogP contribution in [0.5, 0.6) is 0 Å². The monoisotopic (exact) mass is 445 g/mol. The first kappa shape index (κ1) is 24.3. The number of H-pyrrole nitrogens is 1. The van der Waals surface area contributed by atoms with E-state index in [9.17, 15) is 14.4 Å². The number of hydrogen-bond donors (Lipinski definition) is 2. The van der Waals surface area contributed by atoms with Gasteiger partial charge in [0, 0.05) is 30.7 Å². The summed E-state index contributed by atoms with van der Waals surface area (Å²) >= 11 is 0. The minimum absolute atomic E-state index is 0.0413.